The molecule has 100 valence electrons. The molecule has 2 rings (SSSR count). The van der Waals surface area contributed by atoms with Gasteiger partial charge in [-0.25, -0.2) is 8.42 Å². The Morgan fingerprint density at radius 1 is 1.24 bits per heavy atom. The Morgan fingerprint density at radius 3 is 2.47 bits per heavy atom. The van der Waals surface area contributed by atoms with Gasteiger partial charge in [-0.15, -0.1) is 0 Å². The van der Waals surface area contributed by atoms with Gasteiger partial charge >= 0.3 is 0 Å². The zero-order valence-electron chi connectivity index (χ0n) is 10.7. The van der Waals surface area contributed by atoms with Crippen LogP contribution in [0.2, 0.25) is 0 Å². The van der Waals surface area contributed by atoms with E-state index in [0.29, 0.717) is 11.5 Å². The lowest BCUT2D eigenvalue weighted by molar-refractivity contribution is 0.188. The molecular weight excluding hydrogens is 236 g/mol. The summed E-state index contributed by atoms with van der Waals surface area (Å²) in [5.74, 6) is 1.46. The Balaban J connectivity index is 1.66. The van der Waals surface area contributed by atoms with Gasteiger partial charge in [0.1, 0.15) is 0 Å². The molecule has 0 spiro atoms. The number of nitrogens with one attached hydrogen (secondary N) is 1. The zero-order valence-corrected chi connectivity index (χ0v) is 11.5. The Morgan fingerprint density at radius 2 is 1.94 bits per heavy atom. The molecule has 0 aromatic carbocycles. The summed E-state index contributed by atoms with van der Waals surface area (Å²) in [5.41, 5.74) is 0. The summed E-state index contributed by atoms with van der Waals surface area (Å²) >= 11 is 0. The molecule has 0 radical (unpaired) electrons. The first kappa shape index (κ1) is 13.3. The van der Waals surface area contributed by atoms with Gasteiger partial charge in [0, 0.05) is 6.04 Å². The van der Waals surface area contributed by atoms with E-state index in [2.05, 4.69) is 17.1 Å². The molecule has 2 aliphatic heterocycles. The maximum Gasteiger partial charge on any atom is 0.151 e. The second-order valence-electron chi connectivity index (χ2n) is 5.39. The average Bonchev–Trinajstić information content (AvgIpc) is 2.67. The number of piperidine rings is 1. The van der Waals surface area contributed by atoms with Gasteiger partial charge in [0.25, 0.3) is 0 Å². The first-order valence-electron chi connectivity index (χ1n) is 6.75. The number of hydrogen-bond donors (Lipinski definition) is 1. The van der Waals surface area contributed by atoms with Gasteiger partial charge in [-0.3, -0.25) is 0 Å². The predicted molar refractivity (Wildman–Crippen MR) is 69.9 cm³/mol. The number of likely N-dealkylation sites (tertiary alicyclic amines) is 1. The molecule has 4 nitrogen and oxygen atoms in total. The van der Waals surface area contributed by atoms with Crippen LogP contribution in [0.25, 0.3) is 0 Å². The van der Waals surface area contributed by atoms with Crippen LogP contribution in [-0.2, 0) is 9.84 Å². The largest absolute Gasteiger partial charge is 0.313 e. The Hall–Kier alpha value is -0.130. The highest BCUT2D eigenvalue weighted by atomic mass is 32.2. The normalized spacial score (nSPS) is 30.8. The standard InChI is InChI=1S/C12H24N2O2S/c1-2-14-6-3-11(4-7-14)9-13-12-5-8-17(15,16)10-12/h11-13H,2-10H2,1H3. The molecule has 2 heterocycles. The van der Waals surface area contributed by atoms with Crippen LogP contribution < -0.4 is 5.32 Å². The van der Waals surface area contributed by atoms with Gasteiger partial charge in [0.2, 0.25) is 0 Å². The maximum atomic E-state index is 11.3. The molecule has 2 aliphatic rings. The minimum atomic E-state index is -2.73. The summed E-state index contributed by atoms with van der Waals surface area (Å²) < 4.78 is 22.7. The SMILES string of the molecule is CCN1CCC(CNC2CCS(=O)(=O)C2)CC1. The van der Waals surface area contributed by atoms with Crippen molar-refractivity contribution in [3.8, 4) is 0 Å². The molecule has 2 fully saturated rings. The van der Waals surface area contributed by atoms with Crippen molar-refractivity contribution in [2.45, 2.75) is 32.2 Å². The van der Waals surface area contributed by atoms with Crippen molar-refractivity contribution < 1.29 is 8.42 Å². The van der Waals surface area contributed by atoms with E-state index in [1.54, 1.807) is 0 Å². The monoisotopic (exact) mass is 260 g/mol. The molecular formula is C12H24N2O2S. The Bertz CT molecular complexity index is 334. The fraction of sp³-hybridized carbons (Fsp3) is 1.00. The average molecular weight is 260 g/mol. The van der Waals surface area contributed by atoms with Crippen molar-refractivity contribution in [2.75, 3.05) is 37.7 Å². The fourth-order valence-corrected chi connectivity index (χ4v) is 4.50. The molecule has 5 heteroatoms. The van der Waals surface area contributed by atoms with Gasteiger partial charge in [-0.1, -0.05) is 6.92 Å². The predicted octanol–water partition coefficient (Wildman–Crippen LogP) is 0.495. The second-order valence-corrected chi connectivity index (χ2v) is 7.61. The third-order valence-corrected chi connectivity index (χ3v) is 5.85. The van der Waals surface area contributed by atoms with Gasteiger partial charge in [0.05, 0.1) is 11.5 Å². The lowest BCUT2D eigenvalue weighted by atomic mass is 9.96. The van der Waals surface area contributed by atoms with Crippen molar-refractivity contribution in [2.24, 2.45) is 5.92 Å². The van der Waals surface area contributed by atoms with E-state index in [1.807, 2.05) is 0 Å². The van der Waals surface area contributed by atoms with E-state index in [4.69, 9.17) is 0 Å². The summed E-state index contributed by atoms with van der Waals surface area (Å²) in [4.78, 5) is 2.48. The highest BCUT2D eigenvalue weighted by Gasteiger charge is 2.28. The molecule has 1 unspecified atom stereocenters. The van der Waals surface area contributed by atoms with Gasteiger partial charge in [-0.05, 0) is 51.4 Å². The van der Waals surface area contributed by atoms with E-state index in [0.717, 1.165) is 25.4 Å². The number of nitrogens with zero attached hydrogens (tertiary/aromatic N) is 1. The molecule has 1 N–H and O–H groups in total. The van der Waals surface area contributed by atoms with E-state index >= 15 is 0 Å². The van der Waals surface area contributed by atoms with Crippen LogP contribution in [0, 0.1) is 5.92 Å². The number of rotatable bonds is 4. The summed E-state index contributed by atoms with van der Waals surface area (Å²) in [6, 6.07) is 0.212. The van der Waals surface area contributed by atoms with Crippen LogP contribution in [0.4, 0.5) is 0 Å². The molecule has 1 atom stereocenters. The van der Waals surface area contributed by atoms with Crippen LogP contribution in [-0.4, -0.2) is 57.0 Å². The van der Waals surface area contributed by atoms with E-state index < -0.39 is 9.84 Å². The lowest BCUT2D eigenvalue weighted by Gasteiger charge is -2.31. The topological polar surface area (TPSA) is 49.4 Å². The van der Waals surface area contributed by atoms with Crippen molar-refractivity contribution in [3.63, 3.8) is 0 Å². The minimum absolute atomic E-state index is 0.212. The summed E-state index contributed by atoms with van der Waals surface area (Å²) in [5, 5.41) is 3.44. The minimum Gasteiger partial charge on any atom is -0.313 e. The molecule has 0 amide bonds. The first-order chi connectivity index (χ1) is 8.09. The fourth-order valence-electron chi connectivity index (χ4n) is 2.80. The van der Waals surface area contributed by atoms with Crippen LogP contribution in [0.1, 0.15) is 26.2 Å². The molecule has 17 heavy (non-hydrogen) atoms. The van der Waals surface area contributed by atoms with E-state index in [-0.39, 0.29) is 6.04 Å². The lowest BCUT2D eigenvalue weighted by Crippen LogP contribution is -2.40. The van der Waals surface area contributed by atoms with Gasteiger partial charge in [0.15, 0.2) is 9.84 Å². The van der Waals surface area contributed by atoms with Crippen molar-refractivity contribution >= 4 is 9.84 Å². The first-order valence-corrected chi connectivity index (χ1v) is 8.57. The summed E-state index contributed by atoms with van der Waals surface area (Å²) in [7, 11) is -2.73. The molecule has 2 saturated heterocycles. The third kappa shape index (κ3) is 3.93. The van der Waals surface area contributed by atoms with Crippen LogP contribution >= 0.6 is 0 Å². The van der Waals surface area contributed by atoms with E-state index in [1.165, 1.54) is 25.9 Å². The third-order valence-electron chi connectivity index (χ3n) is 4.08. The molecule has 0 aromatic rings. The highest BCUT2D eigenvalue weighted by molar-refractivity contribution is 7.91. The van der Waals surface area contributed by atoms with E-state index in [9.17, 15) is 8.42 Å². The van der Waals surface area contributed by atoms with Crippen molar-refractivity contribution in [3.05, 3.63) is 0 Å². The van der Waals surface area contributed by atoms with Crippen molar-refractivity contribution in [1.29, 1.82) is 0 Å². The molecule has 0 saturated carbocycles. The second kappa shape index (κ2) is 5.67. The van der Waals surface area contributed by atoms with Crippen LogP contribution in [0.5, 0.6) is 0 Å². The molecule has 0 bridgehead atoms. The van der Waals surface area contributed by atoms with Crippen LogP contribution in [0.15, 0.2) is 0 Å². The quantitative estimate of drug-likeness (QED) is 0.799. The summed E-state index contributed by atoms with van der Waals surface area (Å²) in [6.45, 7) is 6.76. The Kier molecular flexibility index (Phi) is 4.44. The smallest absolute Gasteiger partial charge is 0.151 e. The van der Waals surface area contributed by atoms with Crippen LogP contribution in [0.3, 0.4) is 0 Å². The number of hydrogen-bond acceptors (Lipinski definition) is 4. The maximum absolute atomic E-state index is 11.3. The number of sulfone groups is 1. The van der Waals surface area contributed by atoms with Crippen molar-refractivity contribution in [1.82, 2.24) is 10.2 Å². The highest BCUT2D eigenvalue weighted by Crippen LogP contribution is 2.17. The Labute approximate surface area is 105 Å². The zero-order chi connectivity index (χ0) is 12.3. The van der Waals surface area contributed by atoms with Gasteiger partial charge in [-0.2, -0.15) is 0 Å². The molecule has 0 aliphatic carbocycles. The van der Waals surface area contributed by atoms with Gasteiger partial charge < -0.3 is 10.2 Å². The summed E-state index contributed by atoms with van der Waals surface area (Å²) in [6.07, 6.45) is 3.30. The molecule has 0 aromatic heterocycles.